The Morgan fingerprint density at radius 3 is 1.44 bits per heavy atom. The topological polar surface area (TPSA) is 233 Å². The number of pyridine rings is 1. The van der Waals surface area contributed by atoms with E-state index in [0.29, 0.717) is 149 Å². The van der Waals surface area contributed by atoms with Crippen molar-refractivity contribution in [1.29, 1.82) is 31.6 Å². The molecule has 7 aromatic carbocycles. The molecule has 0 spiro atoms. The number of nitrogens with zero attached hydrogens (tertiary/aromatic N) is 13. The smallest absolute Gasteiger partial charge is 0.164 e. The van der Waals surface area contributed by atoms with E-state index in [9.17, 15) is 31.6 Å². The van der Waals surface area contributed by atoms with Crippen molar-refractivity contribution < 1.29 is 0 Å². The minimum atomic E-state index is -0.108. The molecule has 0 amide bonds. The molecule has 1 aliphatic rings. The Morgan fingerprint density at radius 1 is 0.549 bits per heavy atom. The molecule has 2 N–H and O–H groups in total. The molecule has 0 unspecified atom stereocenters. The van der Waals surface area contributed by atoms with Gasteiger partial charge in [0.15, 0.2) is 29.1 Å². The summed E-state index contributed by atoms with van der Waals surface area (Å²) in [5, 5.41) is 64.4. The lowest BCUT2D eigenvalue weighted by Gasteiger charge is -2.33. The summed E-state index contributed by atoms with van der Waals surface area (Å²) in [4.78, 5) is 23.4. The maximum absolute atomic E-state index is 10.6. The first kappa shape index (κ1) is 51.1. The number of benzene rings is 7. The van der Waals surface area contributed by atoms with Gasteiger partial charge >= 0.3 is 0 Å². The van der Waals surface area contributed by atoms with Crippen molar-refractivity contribution in [2.45, 2.75) is 33.1 Å². The Balaban J connectivity index is 1.28. The lowest BCUT2D eigenvalue weighted by molar-refractivity contribution is 0.294. The fraction of sp³-hybridized carbons (Fsp3) is 0.118. The van der Waals surface area contributed by atoms with E-state index in [2.05, 4.69) is 59.7 Å². The highest BCUT2D eigenvalue weighted by molar-refractivity contribution is 6.14. The Kier molecular flexibility index (Phi) is 13.3. The van der Waals surface area contributed by atoms with Gasteiger partial charge in [-0.2, -0.15) is 31.6 Å². The molecule has 11 aromatic rings. The molecule has 0 aliphatic heterocycles. The molecule has 12 rings (SSSR count). The van der Waals surface area contributed by atoms with Crippen molar-refractivity contribution >= 4 is 55.1 Å². The van der Waals surface area contributed by atoms with Crippen LogP contribution in [0, 0.1) is 79.8 Å². The van der Waals surface area contributed by atoms with Gasteiger partial charge < -0.3 is 15.2 Å². The number of aromatic nitrogens is 6. The zero-order chi connectivity index (χ0) is 56.6. The first-order valence-corrected chi connectivity index (χ1v) is 26.8. The Morgan fingerprint density at radius 2 is 1.00 bits per heavy atom. The number of nitrogens with two attached hydrogens (primary N) is 1. The molecule has 1 saturated carbocycles. The predicted molar refractivity (Wildman–Crippen MR) is 318 cm³/mol. The van der Waals surface area contributed by atoms with Gasteiger partial charge in [-0.25, -0.2) is 19.9 Å². The molecular formula is C68H46N14. The van der Waals surface area contributed by atoms with E-state index in [1.807, 2.05) is 150 Å². The summed E-state index contributed by atoms with van der Waals surface area (Å²) >= 11 is 0. The molecule has 1 aliphatic carbocycles. The van der Waals surface area contributed by atoms with Crippen LogP contribution in [0.5, 0.6) is 0 Å². The van der Waals surface area contributed by atoms with E-state index in [1.165, 1.54) is 0 Å². The van der Waals surface area contributed by atoms with Gasteiger partial charge in [0.1, 0.15) is 0 Å². The number of nitriles is 6. The summed E-state index contributed by atoms with van der Waals surface area (Å²) in [6.45, 7) is 4.48. The van der Waals surface area contributed by atoms with Crippen LogP contribution in [0.2, 0.25) is 0 Å². The van der Waals surface area contributed by atoms with E-state index in [4.69, 9.17) is 25.7 Å². The van der Waals surface area contributed by atoms with Gasteiger partial charge in [-0.3, -0.25) is 4.57 Å². The van der Waals surface area contributed by atoms with Crippen LogP contribution in [0.25, 0.3) is 100 Å². The van der Waals surface area contributed by atoms with Crippen LogP contribution in [0.1, 0.15) is 55.4 Å². The third kappa shape index (κ3) is 8.73. The number of nitrogen functional groups attached to an aromatic ring is 1. The standard InChI is InChI=1S/C68H46N14/c1-3-50(24-23-48(40-74)49-29-45(30-49)39-73)80(4-2)63-61(51-17-11-12-18-52(51)67-78-65(46-13-7-5-8-14-46)77-66(79-67)47-15-9-6-10-16-47)62(81-57-25-19-41(35-69)31-53(57)54-32-42(36-70)20-26-58(54)81)64(75)76-68(63)82-59-27-21-43(37-71)33-55(59)56-34-44(38-72)22-28-60(56)82/h5-28,31-34,45,49H,3-4,29-30H2,1-2H3,(H2,75,76)/b48-23-,50-24+. The highest BCUT2D eigenvalue weighted by Crippen LogP contribution is 2.51. The fourth-order valence-electron chi connectivity index (χ4n) is 11.4. The van der Waals surface area contributed by atoms with E-state index in [-0.39, 0.29) is 17.7 Å². The van der Waals surface area contributed by atoms with E-state index >= 15 is 0 Å². The van der Waals surface area contributed by atoms with E-state index in [0.717, 1.165) is 16.8 Å². The molecule has 4 aromatic heterocycles. The third-order valence-corrected chi connectivity index (χ3v) is 15.4. The van der Waals surface area contributed by atoms with Crippen LogP contribution < -0.4 is 10.6 Å². The summed E-state index contributed by atoms with van der Waals surface area (Å²) in [6.07, 6.45) is 5.55. The average molecular weight is 1060 g/mol. The maximum Gasteiger partial charge on any atom is 0.164 e. The Hall–Kier alpha value is -11.7. The number of allylic oxidation sites excluding steroid dienone is 4. The summed E-state index contributed by atoms with van der Waals surface area (Å²) in [5.74, 6) is 1.63. The van der Waals surface area contributed by atoms with Crippen LogP contribution >= 0.6 is 0 Å². The van der Waals surface area contributed by atoms with Crippen LogP contribution in [0.3, 0.4) is 0 Å². The Labute approximate surface area is 472 Å². The molecular weight excluding hydrogens is 1010 g/mol. The zero-order valence-electron chi connectivity index (χ0n) is 44.5. The summed E-state index contributed by atoms with van der Waals surface area (Å²) in [6, 6.07) is 63.3. The minimum Gasteiger partial charge on any atom is -0.382 e. The first-order valence-electron chi connectivity index (χ1n) is 26.8. The van der Waals surface area contributed by atoms with Gasteiger partial charge in [0.25, 0.3) is 0 Å². The highest BCUT2D eigenvalue weighted by Gasteiger charge is 2.34. The fourth-order valence-corrected chi connectivity index (χ4v) is 11.4. The number of hydrogen-bond acceptors (Lipinski definition) is 12. The molecule has 4 heterocycles. The van der Waals surface area contributed by atoms with Gasteiger partial charge in [0, 0.05) is 67.5 Å². The van der Waals surface area contributed by atoms with Crippen LogP contribution in [0.4, 0.5) is 11.5 Å². The van der Waals surface area contributed by atoms with E-state index in [1.54, 1.807) is 24.3 Å². The second-order valence-electron chi connectivity index (χ2n) is 20.0. The number of anilines is 2. The minimum absolute atomic E-state index is 0.0589. The molecule has 14 nitrogen and oxygen atoms in total. The molecule has 82 heavy (non-hydrogen) atoms. The highest BCUT2D eigenvalue weighted by atomic mass is 15.2. The predicted octanol–water partition coefficient (Wildman–Crippen LogP) is 14.3. The van der Waals surface area contributed by atoms with Gasteiger partial charge in [-0.15, -0.1) is 0 Å². The lowest BCUT2D eigenvalue weighted by atomic mass is 9.72. The van der Waals surface area contributed by atoms with Crippen molar-refractivity contribution in [3.63, 3.8) is 0 Å². The van der Waals surface area contributed by atoms with Crippen molar-refractivity contribution in [2.24, 2.45) is 11.8 Å². The first-order chi connectivity index (χ1) is 40.2. The van der Waals surface area contributed by atoms with Gasteiger partial charge in [-0.05, 0) is 123 Å². The molecule has 388 valence electrons. The normalized spacial score (nSPS) is 14.1. The molecule has 0 bridgehead atoms. The largest absolute Gasteiger partial charge is 0.382 e. The lowest BCUT2D eigenvalue weighted by Crippen LogP contribution is -2.26. The number of hydrogen-bond donors (Lipinski definition) is 1. The van der Waals surface area contributed by atoms with Gasteiger partial charge in [0.05, 0.1) is 92.1 Å². The van der Waals surface area contributed by atoms with Crippen molar-refractivity contribution in [3.8, 4) is 93.2 Å². The molecule has 1 fully saturated rings. The van der Waals surface area contributed by atoms with Crippen LogP contribution in [-0.4, -0.2) is 35.6 Å². The van der Waals surface area contributed by atoms with E-state index < -0.39 is 0 Å². The molecule has 0 atom stereocenters. The summed E-state index contributed by atoms with van der Waals surface area (Å²) in [5.41, 5.74) is 18.1. The average Bonchev–Trinajstić information content (AvgIpc) is 2.22. The maximum atomic E-state index is 10.6. The van der Waals surface area contributed by atoms with Crippen molar-refractivity contribution in [3.05, 3.63) is 203 Å². The summed E-state index contributed by atoms with van der Waals surface area (Å²) < 4.78 is 4.09. The monoisotopic (exact) mass is 1060 g/mol. The number of rotatable bonds is 12. The van der Waals surface area contributed by atoms with Gasteiger partial charge in [-0.1, -0.05) is 91.9 Å². The molecule has 0 saturated heterocycles. The second kappa shape index (κ2) is 21.3. The van der Waals surface area contributed by atoms with Crippen molar-refractivity contribution in [2.75, 3.05) is 17.2 Å². The quantitative estimate of drug-likeness (QED) is 0.0889. The summed E-state index contributed by atoms with van der Waals surface area (Å²) in [7, 11) is 0. The molecule has 0 radical (unpaired) electrons. The number of fused-ring (bicyclic) bond motifs is 6. The SMILES string of the molecule is CC/C(=C\C=C(\C#N)C1CC(C#N)C1)N(CC)c1c(-n2c3ccc(C#N)cc3c3cc(C#N)ccc32)nc(N)c(-n2c3ccc(C#N)cc3c3cc(C#N)ccc32)c1-c1ccccc1-c1nc(-c2ccccc2)nc(-c2ccccc2)n1. The third-order valence-electron chi connectivity index (χ3n) is 15.4. The van der Waals surface area contributed by atoms with Crippen LogP contribution in [0.15, 0.2) is 181 Å². The van der Waals surface area contributed by atoms with Crippen LogP contribution in [-0.2, 0) is 0 Å². The Bertz CT molecular complexity index is 4570. The zero-order valence-corrected chi connectivity index (χ0v) is 44.5. The van der Waals surface area contributed by atoms with Crippen molar-refractivity contribution in [1.82, 2.24) is 29.1 Å². The van der Waals surface area contributed by atoms with Gasteiger partial charge in [0.2, 0.25) is 0 Å². The molecule has 14 heteroatoms. The second-order valence-corrected chi connectivity index (χ2v) is 20.0.